The summed E-state index contributed by atoms with van der Waals surface area (Å²) >= 11 is 3.25. The summed E-state index contributed by atoms with van der Waals surface area (Å²) < 4.78 is 6.09. The summed E-state index contributed by atoms with van der Waals surface area (Å²) in [4.78, 5) is 0. The van der Waals surface area contributed by atoms with E-state index in [0.717, 1.165) is 23.5 Å². The van der Waals surface area contributed by atoms with Crippen LogP contribution in [-0.4, -0.2) is 13.1 Å². The number of halogens is 1. The van der Waals surface area contributed by atoms with Crippen LogP contribution in [0.25, 0.3) is 6.08 Å². The van der Waals surface area contributed by atoms with Crippen molar-refractivity contribution in [3.63, 3.8) is 0 Å². The Morgan fingerprint density at radius 1 is 1.45 bits per heavy atom. The first-order chi connectivity index (χ1) is 5.34. The van der Waals surface area contributed by atoms with Crippen LogP contribution in [0.2, 0.25) is 0 Å². The Hall–Kier alpha value is -0.540. The molecule has 0 bridgehead atoms. The molecule has 1 N–H and O–H groups in total. The molecule has 2 heterocycles. The van der Waals surface area contributed by atoms with Gasteiger partial charge in [-0.15, -0.1) is 0 Å². The summed E-state index contributed by atoms with van der Waals surface area (Å²) in [7, 11) is 0. The largest absolute Gasteiger partial charge is 0.450 e. The summed E-state index contributed by atoms with van der Waals surface area (Å²) in [6, 6.07) is 3.86. The van der Waals surface area contributed by atoms with Crippen LogP contribution < -0.4 is 5.32 Å². The minimum Gasteiger partial charge on any atom is -0.450 e. The lowest BCUT2D eigenvalue weighted by molar-refractivity contribution is 0.529. The van der Waals surface area contributed by atoms with E-state index in [1.165, 1.54) is 5.57 Å². The number of nitrogens with one attached hydrogen (secondary N) is 1. The summed E-state index contributed by atoms with van der Waals surface area (Å²) in [5, 5.41) is 3.17. The van der Waals surface area contributed by atoms with E-state index < -0.39 is 0 Å². The lowest BCUT2D eigenvalue weighted by Crippen LogP contribution is -2.33. The van der Waals surface area contributed by atoms with E-state index in [0.29, 0.717) is 0 Å². The van der Waals surface area contributed by atoms with Crippen molar-refractivity contribution in [2.24, 2.45) is 0 Å². The molecule has 0 amide bonds. The van der Waals surface area contributed by atoms with E-state index >= 15 is 0 Å². The van der Waals surface area contributed by atoms with Gasteiger partial charge in [0.25, 0.3) is 0 Å². The number of hydrogen-bond donors (Lipinski definition) is 1. The van der Waals surface area contributed by atoms with Crippen LogP contribution in [0, 0.1) is 0 Å². The van der Waals surface area contributed by atoms with Crippen LogP contribution in [0.4, 0.5) is 0 Å². The highest BCUT2D eigenvalue weighted by molar-refractivity contribution is 9.10. The third-order valence-electron chi connectivity index (χ3n) is 1.64. The van der Waals surface area contributed by atoms with Gasteiger partial charge in [-0.1, -0.05) is 0 Å². The van der Waals surface area contributed by atoms with Crippen molar-refractivity contribution in [1.82, 2.24) is 5.32 Å². The predicted molar refractivity (Wildman–Crippen MR) is 47.3 cm³/mol. The van der Waals surface area contributed by atoms with Crippen LogP contribution >= 0.6 is 15.9 Å². The summed E-state index contributed by atoms with van der Waals surface area (Å²) in [5.74, 6) is 0.924. The normalized spacial score (nSPS) is 16.3. The van der Waals surface area contributed by atoms with E-state index in [1.807, 2.05) is 12.1 Å². The molecule has 1 aromatic rings. The SMILES string of the molecule is Brc1ccc(C=C2CNC2)o1. The summed E-state index contributed by atoms with van der Waals surface area (Å²) in [6.45, 7) is 2.00. The fourth-order valence-electron chi connectivity index (χ4n) is 0.978. The molecule has 0 radical (unpaired) electrons. The Balaban J connectivity index is 2.17. The Morgan fingerprint density at radius 2 is 2.27 bits per heavy atom. The Morgan fingerprint density at radius 3 is 2.73 bits per heavy atom. The highest BCUT2D eigenvalue weighted by Gasteiger charge is 2.07. The Kier molecular flexibility index (Phi) is 1.84. The van der Waals surface area contributed by atoms with Gasteiger partial charge in [0, 0.05) is 13.1 Å². The molecule has 2 rings (SSSR count). The van der Waals surface area contributed by atoms with Gasteiger partial charge in [-0.2, -0.15) is 0 Å². The van der Waals surface area contributed by atoms with E-state index in [4.69, 9.17) is 4.42 Å². The lowest BCUT2D eigenvalue weighted by Gasteiger charge is -2.17. The van der Waals surface area contributed by atoms with Gasteiger partial charge in [-0.3, -0.25) is 0 Å². The van der Waals surface area contributed by atoms with Crippen molar-refractivity contribution in [1.29, 1.82) is 0 Å². The highest BCUT2D eigenvalue weighted by atomic mass is 79.9. The standard InChI is InChI=1S/C8H8BrNO/c9-8-2-1-7(11-8)3-6-4-10-5-6/h1-3,10H,4-5H2. The first-order valence-electron chi connectivity index (χ1n) is 3.50. The second-order valence-corrected chi connectivity index (χ2v) is 3.33. The van der Waals surface area contributed by atoms with Crippen molar-refractivity contribution in [2.75, 3.05) is 13.1 Å². The molecule has 1 saturated heterocycles. The molecule has 2 nitrogen and oxygen atoms in total. The quantitative estimate of drug-likeness (QED) is 0.773. The Bertz CT molecular complexity index is 284. The molecule has 0 atom stereocenters. The van der Waals surface area contributed by atoms with Crippen molar-refractivity contribution in [2.45, 2.75) is 0 Å². The molecule has 0 saturated carbocycles. The topological polar surface area (TPSA) is 25.2 Å². The summed E-state index contributed by atoms with van der Waals surface area (Å²) in [6.07, 6.45) is 2.07. The monoisotopic (exact) mass is 213 g/mol. The smallest absolute Gasteiger partial charge is 0.169 e. The maximum absolute atomic E-state index is 5.30. The van der Waals surface area contributed by atoms with Crippen molar-refractivity contribution < 1.29 is 4.42 Å². The molecule has 0 spiro atoms. The van der Waals surface area contributed by atoms with E-state index in [9.17, 15) is 0 Å². The minimum absolute atomic E-state index is 0.789. The molecule has 0 unspecified atom stereocenters. The first-order valence-corrected chi connectivity index (χ1v) is 4.29. The van der Waals surface area contributed by atoms with Crippen LogP contribution in [0.1, 0.15) is 5.76 Å². The minimum atomic E-state index is 0.789. The van der Waals surface area contributed by atoms with E-state index in [1.54, 1.807) is 0 Å². The Labute approximate surface area is 73.4 Å². The zero-order valence-corrected chi connectivity index (χ0v) is 7.52. The summed E-state index contributed by atoms with van der Waals surface area (Å²) in [5.41, 5.74) is 1.40. The molecule has 1 fully saturated rings. The third kappa shape index (κ3) is 1.54. The van der Waals surface area contributed by atoms with Crippen LogP contribution in [0.3, 0.4) is 0 Å². The maximum atomic E-state index is 5.30. The molecular formula is C8H8BrNO. The average molecular weight is 214 g/mol. The van der Waals surface area contributed by atoms with Gasteiger partial charge in [0.05, 0.1) is 0 Å². The molecule has 1 aliphatic heterocycles. The molecule has 1 aliphatic rings. The molecule has 0 aromatic carbocycles. The molecule has 58 valence electrons. The third-order valence-corrected chi connectivity index (χ3v) is 2.07. The van der Waals surface area contributed by atoms with Gasteiger partial charge in [-0.05, 0) is 39.7 Å². The van der Waals surface area contributed by atoms with E-state index in [-0.39, 0.29) is 0 Å². The molecule has 11 heavy (non-hydrogen) atoms. The number of furan rings is 1. The van der Waals surface area contributed by atoms with Crippen molar-refractivity contribution in [3.8, 4) is 0 Å². The number of rotatable bonds is 1. The van der Waals surface area contributed by atoms with Gasteiger partial charge in [0.1, 0.15) is 5.76 Å². The van der Waals surface area contributed by atoms with Gasteiger partial charge in [0.2, 0.25) is 0 Å². The predicted octanol–water partition coefficient (Wildman–Crippen LogP) is 2.03. The first kappa shape index (κ1) is 7.13. The van der Waals surface area contributed by atoms with Gasteiger partial charge >= 0.3 is 0 Å². The molecule has 1 aromatic heterocycles. The highest BCUT2D eigenvalue weighted by Crippen LogP contribution is 2.17. The maximum Gasteiger partial charge on any atom is 0.169 e. The average Bonchev–Trinajstić information content (AvgIpc) is 2.27. The lowest BCUT2D eigenvalue weighted by atomic mass is 10.1. The van der Waals surface area contributed by atoms with Crippen LogP contribution in [0.15, 0.2) is 26.8 Å². The second kappa shape index (κ2) is 2.83. The van der Waals surface area contributed by atoms with Crippen molar-refractivity contribution in [3.05, 3.63) is 28.1 Å². The second-order valence-electron chi connectivity index (χ2n) is 2.55. The van der Waals surface area contributed by atoms with Gasteiger partial charge in [-0.25, -0.2) is 0 Å². The molecular weight excluding hydrogens is 206 g/mol. The fourth-order valence-corrected chi connectivity index (χ4v) is 1.30. The molecule has 0 aliphatic carbocycles. The van der Waals surface area contributed by atoms with Crippen LogP contribution in [0.5, 0.6) is 0 Å². The zero-order valence-electron chi connectivity index (χ0n) is 5.93. The van der Waals surface area contributed by atoms with Crippen LogP contribution in [-0.2, 0) is 0 Å². The molecule has 3 heteroatoms. The van der Waals surface area contributed by atoms with Crippen molar-refractivity contribution >= 4 is 22.0 Å². The number of hydrogen-bond acceptors (Lipinski definition) is 2. The van der Waals surface area contributed by atoms with Gasteiger partial charge in [0.15, 0.2) is 4.67 Å². The zero-order chi connectivity index (χ0) is 7.68. The fraction of sp³-hybridized carbons (Fsp3) is 0.250. The van der Waals surface area contributed by atoms with Gasteiger partial charge < -0.3 is 9.73 Å². The van der Waals surface area contributed by atoms with E-state index in [2.05, 4.69) is 27.3 Å².